The van der Waals surface area contributed by atoms with E-state index in [2.05, 4.69) is 34.2 Å². The summed E-state index contributed by atoms with van der Waals surface area (Å²) in [4.78, 5) is 11.7. The van der Waals surface area contributed by atoms with Gasteiger partial charge in [-0.05, 0) is 25.1 Å². The minimum Gasteiger partial charge on any atom is -0.508 e. The van der Waals surface area contributed by atoms with Gasteiger partial charge < -0.3 is 14.8 Å². The molecule has 0 unspecified atom stereocenters. The molecule has 0 radical (unpaired) electrons. The van der Waals surface area contributed by atoms with E-state index in [1.54, 1.807) is 12.1 Å². The standard InChI is InChI=1S/C18H16BrNO3/c1-11(14-4-2-3-5-16(14)19)20-10-12-8-18(22)23-17-9-13(21)6-7-15(12)17/h2-9,11,20-21H,10H2,1H3/p+1/t11-/m0/s1. The molecule has 118 valence electrons. The normalized spacial score (nSPS) is 12.4. The van der Waals surface area contributed by atoms with Gasteiger partial charge in [0.05, 0.1) is 0 Å². The highest BCUT2D eigenvalue weighted by Gasteiger charge is 2.14. The first-order valence-corrected chi connectivity index (χ1v) is 8.17. The van der Waals surface area contributed by atoms with Crippen LogP contribution in [0.5, 0.6) is 5.75 Å². The third-order valence-corrected chi connectivity index (χ3v) is 4.62. The zero-order valence-corrected chi connectivity index (χ0v) is 14.2. The smallest absolute Gasteiger partial charge is 0.336 e. The monoisotopic (exact) mass is 374 g/mol. The predicted octanol–water partition coefficient (Wildman–Crippen LogP) is 3.09. The van der Waals surface area contributed by atoms with E-state index in [9.17, 15) is 9.90 Å². The second-order valence-corrected chi connectivity index (χ2v) is 6.38. The number of phenolic OH excluding ortho intramolecular Hbond substituents is 1. The van der Waals surface area contributed by atoms with Crippen LogP contribution in [-0.4, -0.2) is 5.11 Å². The lowest BCUT2D eigenvalue weighted by Crippen LogP contribution is -2.83. The van der Waals surface area contributed by atoms with Crippen molar-refractivity contribution in [1.29, 1.82) is 0 Å². The van der Waals surface area contributed by atoms with E-state index in [1.807, 2.05) is 18.2 Å². The molecule has 3 N–H and O–H groups in total. The molecule has 1 aromatic heterocycles. The second-order valence-electron chi connectivity index (χ2n) is 5.52. The van der Waals surface area contributed by atoms with Gasteiger partial charge >= 0.3 is 5.63 Å². The number of quaternary nitrogens is 1. The Morgan fingerprint density at radius 2 is 2.00 bits per heavy atom. The van der Waals surface area contributed by atoms with Gasteiger partial charge in [-0.3, -0.25) is 0 Å². The van der Waals surface area contributed by atoms with E-state index < -0.39 is 5.63 Å². The minimum absolute atomic E-state index is 0.0864. The van der Waals surface area contributed by atoms with E-state index >= 15 is 0 Å². The summed E-state index contributed by atoms with van der Waals surface area (Å²) in [5.41, 5.74) is 2.11. The first-order valence-electron chi connectivity index (χ1n) is 7.38. The highest BCUT2D eigenvalue weighted by molar-refractivity contribution is 9.10. The maximum Gasteiger partial charge on any atom is 0.336 e. The Hall–Kier alpha value is -2.11. The number of hydrogen-bond acceptors (Lipinski definition) is 3. The number of rotatable bonds is 4. The maximum absolute atomic E-state index is 11.7. The van der Waals surface area contributed by atoms with Crippen LogP contribution in [0.2, 0.25) is 0 Å². The molecule has 0 fully saturated rings. The molecule has 4 nitrogen and oxygen atoms in total. The van der Waals surface area contributed by atoms with Gasteiger partial charge in [-0.1, -0.05) is 34.1 Å². The van der Waals surface area contributed by atoms with Crippen LogP contribution in [0.3, 0.4) is 0 Å². The minimum atomic E-state index is -0.403. The van der Waals surface area contributed by atoms with Gasteiger partial charge in [0.2, 0.25) is 0 Å². The Bertz CT molecular complexity index is 904. The summed E-state index contributed by atoms with van der Waals surface area (Å²) in [6.45, 7) is 2.77. The summed E-state index contributed by atoms with van der Waals surface area (Å²) in [5.74, 6) is 0.0864. The van der Waals surface area contributed by atoms with Crippen LogP contribution in [0.25, 0.3) is 11.0 Å². The summed E-state index contributed by atoms with van der Waals surface area (Å²) in [7, 11) is 0. The molecule has 3 aromatic rings. The van der Waals surface area contributed by atoms with Gasteiger partial charge in [-0.25, -0.2) is 4.79 Å². The molecule has 0 bridgehead atoms. The largest absolute Gasteiger partial charge is 0.508 e. The third-order valence-electron chi connectivity index (χ3n) is 3.90. The van der Waals surface area contributed by atoms with Crippen LogP contribution in [-0.2, 0) is 6.54 Å². The zero-order chi connectivity index (χ0) is 16.4. The molecule has 0 saturated carbocycles. The first kappa shape index (κ1) is 15.8. The molecule has 5 heteroatoms. The number of benzene rings is 2. The summed E-state index contributed by atoms with van der Waals surface area (Å²) in [6, 6.07) is 14.7. The molecule has 0 saturated heterocycles. The van der Waals surface area contributed by atoms with E-state index in [4.69, 9.17) is 4.42 Å². The number of fused-ring (bicyclic) bond motifs is 1. The Morgan fingerprint density at radius 1 is 1.22 bits per heavy atom. The van der Waals surface area contributed by atoms with Crippen LogP contribution in [0.4, 0.5) is 0 Å². The fourth-order valence-corrected chi connectivity index (χ4v) is 3.31. The molecule has 0 aliphatic heterocycles. The number of phenols is 1. The number of halogens is 1. The molecule has 23 heavy (non-hydrogen) atoms. The predicted molar refractivity (Wildman–Crippen MR) is 92.3 cm³/mol. The van der Waals surface area contributed by atoms with Crippen molar-refractivity contribution >= 4 is 26.9 Å². The zero-order valence-electron chi connectivity index (χ0n) is 12.6. The first-order chi connectivity index (χ1) is 11.0. The highest BCUT2D eigenvalue weighted by atomic mass is 79.9. The summed E-state index contributed by atoms with van der Waals surface area (Å²) in [6.07, 6.45) is 0. The van der Waals surface area contributed by atoms with E-state index in [-0.39, 0.29) is 11.8 Å². The molecule has 2 aromatic carbocycles. The Kier molecular flexibility index (Phi) is 4.50. The summed E-state index contributed by atoms with van der Waals surface area (Å²) < 4.78 is 6.23. The molecular formula is C18H17BrNO3+. The lowest BCUT2D eigenvalue weighted by molar-refractivity contribution is -0.707. The van der Waals surface area contributed by atoms with E-state index in [1.165, 1.54) is 17.7 Å². The second kappa shape index (κ2) is 6.56. The van der Waals surface area contributed by atoms with Gasteiger partial charge in [-0.2, -0.15) is 0 Å². The number of nitrogens with two attached hydrogens (primary N) is 1. The molecule has 1 heterocycles. The SMILES string of the molecule is C[C@H]([NH2+]Cc1cc(=O)oc2cc(O)ccc12)c1ccccc1Br. The number of hydrogen-bond donors (Lipinski definition) is 2. The van der Waals surface area contributed by atoms with Crippen molar-refractivity contribution in [2.75, 3.05) is 0 Å². The van der Waals surface area contributed by atoms with Crippen LogP contribution >= 0.6 is 15.9 Å². The van der Waals surface area contributed by atoms with Crippen molar-refractivity contribution in [3.05, 3.63) is 74.6 Å². The van der Waals surface area contributed by atoms with Crippen molar-refractivity contribution in [3.63, 3.8) is 0 Å². The van der Waals surface area contributed by atoms with Crippen molar-refractivity contribution in [2.24, 2.45) is 0 Å². The van der Waals surface area contributed by atoms with Crippen molar-refractivity contribution < 1.29 is 14.8 Å². The Labute approximate surface area is 141 Å². The Morgan fingerprint density at radius 3 is 2.78 bits per heavy atom. The topological polar surface area (TPSA) is 67.0 Å². The molecule has 0 aliphatic rings. The van der Waals surface area contributed by atoms with E-state index in [0.29, 0.717) is 12.1 Å². The van der Waals surface area contributed by atoms with Gasteiger partial charge in [0.15, 0.2) is 0 Å². The third kappa shape index (κ3) is 3.46. The molecular weight excluding hydrogens is 358 g/mol. The maximum atomic E-state index is 11.7. The molecule has 3 rings (SSSR count). The van der Waals surface area contributed by atoms with E-state index in [0.717, 1.165) is 15.4 Å². The molecule has 0 aliphatic carbocycles. The lowest BCUT2D eigenvalue weighted by atomic mass is 10.1. The molecule has 0 spiro atoms. The van der Waals surface area contributed by atoms with Crippen LogP contribution in [0.1, 0.15) is 24.1 Å². The quantitative estimate of drug-likeness (QED) is 0.689. The molecule has 1 atom stereocenters. The van der Waals surface area contributed by atoms with Crippen molar-refractivity contribution in [2.45, 2.75) is 19.5 Å². The average Bonchev–Trinajstić information content (AvgIpc) is 2.52. The molecule has 0 amide bonds. The fraction of sp³-hybridized carbons (Fsp3) is 0.167. The van der Waals surface area contributed by atoms with Gasteiger partial charge in [-0.15, -0.1) is 0 Å². The van der Waals surface area contributed by atoms with Gasteiger partial charge in [0.25, 0.3) is 0 Å². The van der Waals surface area contributed by atoms with Crippen molar-refractivity contribution in [1.82, 2.24) is 0 Å². The van der Waals surface area contributed by atoms with Gasteiger partial charge in [0, 0.05) is 33.1 Å². The highest BCUT2D eigenvalue weighted by Crippen LogP contribution is 2.22. The van der Waals surface area contributed by atoms with Crippen LogP contribution in [0.15, 0.2) is 62.2 Å². The number of aromatic hydroxyl groups is 1. The fourth-order valence-electron chi connectivity index (χ4n) is 2.66. The summed E-state index contributed by atoms with van der Waals surface area (Å²) >= 11 is 3.57. The Balaban J connectivity index is 1.87. The van der Waals surface area contributed by atoms with Gasteiger partial charge in [0.1, 0.15) is 23.9 Å². The van der Waals surface area contributed by atoms with Crippen LogP contribution in [0, 0.1) is 0 Å². The van der Waals surface area contributed by atoms with Crippen LogP contribution < -0.4 is 10.9 Å². The average molecular weight is 375 g/mol. The lowest BCUT2D eigenvalue weighted by Gasteiger charge is -2.13. The van der Waals surface area contributed by atoms with Crippen molar-refractivity contribution in [3.8, 4) is 5.75 Å². The summed E-state index contributed by atoms with van der Waals surface area (Å²) in [5, 5.41) is 12.5.